The number of likely N-dealkylation sites (tertiary alicyclic amines) is 1. The summed E-state index contributed by atoms with van der Waals surface area (Å²) in [6, 6.07) is 13.7. The van der Waals surface area contributed by atoms with Crippen molar-refractivity contribution in [3.63, 3.8) is 0 Å². The van der Waals surface area contributed by atoms with Crippen LogP contribution in [0.5, 0.6) is 11.5 Å². The smallest absolute Gasteiger partial charge is 0.455 e. The van der Waals surface area contributed by atoms with Gasteiger partial charge in [0.2, 0.25) is 11.8 Å². The molecule has 8 nitrogen and oxygen atoms in total. The molecule has 2 saturated heterocycles. The van der Waals surface area contributed by atoms with Crippen LogP contribution in [0.25, 0.3) is 11.6 Å². The van der Waals surface area contributed by atoms with Crippen molar-refractivity contribution in [1.29, 1.82) is 0 Å². The molecule has 232 valence electrons. The molecular formula is C34H39BINO7. The van der Waals surface area contributed by atoms with E-state index >= 15 is 0 Å². The van der Waals surface area contributed by atoms with Gasteiger partial charge < -0.3 is 24.6 Å². The first-order valence-corrected chi connectivity index (χ1v) is 16.7. The second-order valence-electron chi connectivity index (χ2n) is 12.4. The van der Waals surface area contributed by atoms with Gasteiger partial charge in [-0.3, -0.25) is 14.5 Å². The van der Waals surface area contributed by atoms with Crippen LogP contribution in [-0.2, 0) is 14.2 Å². The number of benzene rings is 2. The first-order valence-electron chi connectivity index (χ1n) is 15.7. The van der Waals surface area contributed by atoms with E-state index in [0.29, 0.717) is 28.6 Å². The minimum atomic E-state index is -1.06. The van der Waals surface area contributed by atoms with Crippen molar-refractivity contribution >= 4 is 53.2 Å². The maximum Gasteiger partial charge on any atom is 0.455 e. The molecule has 4 atom stereocenters. The van der Waals surface area contributed by atoms with E-state index in [0.717, 1.165) is 60.0 Å². The molecule has 0 radical (unpaired) electrons. The summed E-state index contributed by atoms with van der Waals surface area (Å²) in [5.74, 6) is -1.08. The van der Waals surface area contributed by atoms with Crippen LogP contribution in [0, 0.1) is 21.3 Å². The maximum absolute atomic E-state index is 13.9. The number of hydrogen-bond acceptors (Lipinski definition) is 7. The number of rotatable bonds is 8. The van der Waals surface area contributed by atoms with Gasteiger partial charge in [0.25, 0.3) is 0 Å². The van der Waals surface area contributed by atoms with Gasteiger partial charge in [0.15, 0.2) is 11.5 Å². The number of imide groups is 1. The van der Waals surface area contributed by atoms with Crippen LogP contribution in [0.4, 0.5) is 0 Å². The van der Waals surface area contributed by atoms with Crippen LogP contribution in [-0.4, -0.2) is 64.9 Å². The Hall–Kier alpha value is -2.67. The van der Waals surface area contributed by atoms with Crippen LogP contribution in [0.1, 0.15) is 62.5 Å². The van der Waals surface area contributed by atoms with Crippen molar-refractivity contribution in [1.82, 2.24) is 4.90 Å². The summed E-state index contributed by atoms with van der Waals surface area (Å²) < 4.78 is 12.2. The van der Waals surface area contributed by atoms with Crippen molar-refractivity contribution in [2.75, 3.05) is 13.7 Å². The van der Waals surface area contributed by atoms with Gasteiger partial charge in [0.1, 0.15) is 0 Å². The lowest BCUT2D eigenvalue weighted by atomic mass is 9.58. The van der Waals surface area contributed by atoms with Gasteiger partial charge >= 0.3 is 7.12 Å². The molecule has 2 aliphatic heterocycles. The van der Waals surface area contributed by atoms with Gasteiger partial charge in [0.05, 0.1) is 35.2 Å². The van der Waals surface area contributed by atoms with Gasteiger partial charge in [-0.2, -0.15) is 0 Å². The lowest BCUT2D eigenvalue weighted by Crippen LogP contribution is -2.47. The third kappa shape index (κ3) is 5.98. The zero-order valence-electron chi connectivity index (χ0n) is 25.0. The summed E-state index contributed by atoms with van der Waals surface area (Å²) in [7, 11) is 0.461. The second-order valence-corrected chi connectivity index (χ2v) is 13.6. The SMILES string of the molecule is COc1cc(/C=C(/CC[C@H]2OB(O)C[C@H]3C2=C(CO)C[C@H]2C(=O)N(C4CCCCC4)C(=O)[C@H]23)c2ccccc2)cc(I)c1O. The molecule has 3 fully saturated rings. The van der Waals surface area contributed by atoms with Crippen molar-refractivity contribution in [2.24, 2.45) is 17.8 Å². The number of aromatic hydroxyl groups is 1. The maximum atomic E-state index is 13.9. The van der Waals surface area contributed by atoms with Crippen molar-refractivity contribution < 1.29 is 34.2 Å². The number of fused-ring (bicyclic) bond motifs is 3. The zero-order valence-corrected chi connectivity index (χ0v) is 27.1. The van der Waals surface area contributed by atoms with Crippen LogP contribution >= 0.6 is 22.6 Å². The average Bonchev–Trinajstić information content (AvgIpc) is 3.29. The number of methoxy groups -OCH3 is 1. The Morgan fingerprint density at radius 2 is 1.86 bits per heavy atom. The van der Waals surface area contributed by atoms with Gasteiger partial charge in [-0.25, -0.2) is 0 Å². The summed E-state index contributed by atoms with van der Waals surface area (Å²) >= 11 is 2.08. The summed E-state index contributed by atoms with van der Waals surface area (Å²) in [6.07, 6.45) is 8.14. The topological polar surface area (TPSA) is 117 Å². The predicted octanol–water partition coefficient (Wildman–Crippen LogP) is 5.45. The van der Waals surface area contributed by atoms with E-state index in [1.165, 1.54) is 7.11 Å². The number of aliphatic hydroxyl groups is 1. The molecule has 2 heterocycles. The fourth-order valence-electron chi connectivity index (χ4n) is 7.91. The Bertz CT molecular complexity index is 1470. The zero-order chi connectivity index (χ0) is 31.0. The van der Waals surface area contributed by atoms with E-state index in [1.807, 2.05) is 36.4 Å². The lowest BCUT2D eigenvalue weighted by molar-refractivity contribution is -0.143. The fraction of sp³-hybridized carbons (Fsp3) is 0.471. The summed E-state index contributed by atoms with van der Waals surface area (Å²) in [6.45, 7) is -0.205. The summed E-state index contributed by atoms with van der Waals surface area (Å²) in [5, 5.41) is 31.8. The number of ether oxygens (including phenoxy) is 1. The van der Waals surface area contributed by atoms with Gasteiger partial charge in [0, 0.05) is 6.04 Å². The lowest BCUT2D eigenvalue weighted by Gasteiger charge is -2.43. The van der Waals surface area contributed by atoms with E-state index < -0.39 is 25.1 Å². The van der Waals surface area contributed by atoms with E-state index in [-0.39, 0.29) is 42.5 Å². The number of hydrogen-bond donors (Lipinski definition) is 3. The standard InChI is InChI=1S/C34H39BINO7/c1-43-29-16-20(15-27(36)32(29)39)14-22(21-8-4-2-5-9-21)12-13-28-30-23(19-38)17-25-31(26(30)18-35(42)44-28)34(41)37(33(25)40)24-10-6-3-7-11-24/h2,4-5,8-9,14-16,24-26,28,31,38-39,42H,3,6-7,10-13,17-19H2,1H3/b22-14-/t25-,26+,28-,31-/m1/s1. The highest BCUT2D eigenvalue weighted by atomic mass is 127. The largest absolute Gasteiger partial charge is 0.504 e. The van der Waals surface area contributed by atoms with E-state index in [9.17, 15) is 24.8 Å². The first kappa shape index (κ1) is 31.3. The van der Waals surface area contributed by atoms with Gasteiger partial charge in [-0.05, 0) is 107 Å². The van der Waals surface area contributed by atoms with E-state index in [2.05, 4.69) is 28.7 Å². The Morgan fingerprint density at radius 3 is 2.57 bits per heavy atom. The number of allylic oxidation sites excluding steroid dienone is 1. The number of carbonyl (C=O) groups is 2. The van der Waals surface area contributed by atoms with Crippen molar-refractivity contribution in [3.8, 4) is 11.5 Å². The molecule has 10 heteroatoms. The van der Waals surface area contributed by atoms with Crippen molar-refractivity contribution in [3.05, 3.63) is 68.3 Å². The van der Waals surface area contributed by atoms with E-state index in [4.69, 9.17) is 9.39 Å². The summed E-state index contributed by atoms with van der Waals surface area (Å²) in [5.41, 5.74) is 4.59. The van der Waals surface area contributed by atoms with E-state index in [1.54, 1.807) is 11.0 Å². The quantitative estimate of drug-likeness (QED) is 0.110. The number of aliphatic hydroxyl groups excluding tert-OH is 1. The molecule has 2 aliphatic carbocycles. The molecule has 0 aromatic heterocycles. The molecule has 2 aromatic rings. The molecule has 0 spiro atoms. The van der Waals surface area contributed by atoms with Gasteiger partial charge in [-0.15, -0.1) is 0 Å². The third-order valence-electron chi connectivity index (χ3n) is 9.90. The third-order valence-corrected chi connectivity index (χ3v) is 10.7. The molecule has 2 amide bonds. The molecule has 4 aliphatic rings. The van der Waals surface area contributed by atoms with Crippen LogP contribution in [0.15, 0.2) is 53.6 Å². The van der Waals surface area contributed by atoms with Gasteiger partial charge in [-0.1, -0.05) is 55.7 Å². The molecule has 0 bridgehead atoms. The molecule has 2 aromatic carbocycles. The predicted molar refractivity (Wildman–Crippen MR) is 177 cm³/mol. The normalized spacial score (nSPS) is 26.2. The average molecular weight is 711 g/mol. The minimum absolute atomic E-state index is 0.0453. The number of nitrogens with zero attached hydrogens (tertiary/aromatic N) is 1. The Morgan fingerprint density at radius 1 is 1.11 bits per heavy atom. The van der Waals surface area contributed by atoms with Crippen molar-refractivity contribution in [2.45, 2.75) is 69.8 Å². The molecule has 44 heavy (non-hydrogen) atoms. The molecular weight excluding hydrogens is 672 g/mol. The van der Waals surface area contributed by atoms with Crippen LogP contribution in [0.2, 0.25) is 6.32 Å². The van der Waals surface area contributed by atoms with Crippen LogP contribution < -0.4 is 4.74 Å². The second kappa shape index (κ2) is 13.4. The number of amides is 2. The number of phenolic OH excluding ortho intramolecular Hbond substituents is 1. The Kier molecular flexibility index (Phi) is 9.51. The molecule has 0 unspecified atom stereocenters. The Labute approximate surface area is 272 Å². The van der Waals surface area contributed by atoms with Crippen LogP contribution in [0.3, 0.4) is 0 Å². The highest BCUT2D eigenvalue weighted by molar-refractivity contribution is 14.1. The molecule has 6 rings (SSSR count). The molecule has 3 N–H and O–H groups in total. The number of phenols is 1. The highest BCUT2D eigenvalue weighted by Crippen LogP contribution is 2.51. The fourth-order valence-corrected chi connectivity index (χ4v) is 8.53. The number of carbonyl (C=O) groups excluding carboxylic acids is 2. The molecule has 1 saturated carbocycles. The highest BCUT2D eigenvalue weighted by Gasteiger charge is 2.58. The minimum Gasteiger partial charge on any atom is -0.504 e. The Balaban J connectivity index is 1.30. The number of halogens is 1. The summed E-state index contributed by atoms with van der Waals surface area (Å²) in [4.78, 5) is 29.1. The first-order chi connectivity index (χ1) is 21.3. The monoisotopic (exact) mass is 711 g/mol.